The molecule has 0 aromatic carbocycles. The summed E-state index contributed by atoms with van der Waals surface area (Å²) in [5.74, 6) is 0.475. The Morgan fingerprint density at radius 3 is 2.79 bits per heavy atom. The maximum Gasteiger partial charge on any atom is 0.251 e. The molecule has 1 aromatic rings. The molecule has 76 valence electrons. The summed E-state index contributed by atoms with van der Waals surface area (Å²) >= 11 is 5.56. The van der Waals surface area contributed by atoms with Crippen molar-refractivity contribution in [3.63, 3.8) is 0 Å². The normalized spacial score (nSPS) is 12.1. The monoisotopic (exact) mass is 212 g/mol. The summed E-state index contributed by atoms with van der Waals surface area (Å²) in [6.07, 6.45) is 3.97. The molecule has 0 spiro atoms. The first-order chi connectivity index (χ1) is 6.74. The molecule has 1 amide bonds. The molecule has 0 fully saturated rings. The number of alkyl halides is 1. The van der Waals surface area contributed by atoms with E-state index in [0.29, 0.717) is 11.4 Å². The molecule has 4 heteroatoms. The minimum Gasteiger partial charge on any atom is -0.350 e. The fourth-order valence-electron chi connectivity index (χ4n) is 1.05. The van der Waals surface area contributed by atoms with Gasteiger partial charge in [-0.1, -0.05) is 0 Å². The van der Waals surface area contributed by atoms with E-state index in [2.05, 4.69) is 10.3 Å². The highest BCUT2D eigenvalue weighted by Crippen LogP contribution is 1.99. The van der Waals surface area contributed by atoms with E-state index in [0.717, 1.165) is 6.42 Å². The Morgan fingerprint density at radius 1 is 1.57 bits per heavy atom. The van der Waals surface area contributed by atoms with Crippen LogP contribution >= 0.6 is 11.6 Å². The van der Waals surface area contributed by atoms with E-state index >= 15 is 0 Å². The summed E-state index contributed by atoms with van der Waals surface area (Å²) in [5, 5.41) is 2.85. The average molecular weight is 213 g/mol. The van der Waals surface area contributed by atoms with Gasteiger partial charge >= 0.3 is 0 Å². The van der Waals surface area contributed by atoms with Crippen LogP contribution in [0.25, 0.3) is 0 Å². The number of nitrogens with zero attached hydrogens (tertiary/aromatic N) is 1. The molecule has 0 aliphatic heterocycles. The highest BCUT2D eigenvalue weighted by atomic mass is 35.5. The van der Waals surface area contributed by atoms with Gasteiger partial charge in [-0.2, -0.15) is 0 Å². The van der Waals surface area contributed by atoms with Crippen LogP contribution in [0, 0.1) is 0 Å². The Labute approximate surface area is 88.5 Å². The zero-order valence-corrected chi connectivity index (χ0v) is 8.79. The first kappa shape index (κ1) is 11.0. The summed E-state index contributed by atoms with van der Waals surface area (Å²) in [6, 6.07) is 3.47. The van der Waals surface area contributed by atoms with Gasteiger partial charge in [-0.15, -0.1) is 11.6 Å². The largest absolute Gasteiger partial charge is 0.350 e. The molecule has 14 heavy (non-hydrogen) atoms. The number of carbonyl (C=O) groups excluding carboxylic acids is 1. The second kappa shape index (κ2) is 5.60. The van der Waals surface area contributed by atoms with E-state index in [4.69, 9.17) is 11.6 Å². The fourth-order valence-corrected chi connectivity index (χ4v) is 1.37. The van der Waals surface area contributed by atoms with Crippen molar-refractivity contribution in [1.82, 2.24) is 10.3 Å². The SMILES string of the molecule is CC(CCCl)NC(=O)c1ccncc1. The molecule has 1 N–H and O–H groups in total. The zero-order chi connectivity index (χ0) is 10.4. The van der Waals surface area contributed by atoms with Crippen LogP contribution in [-0.4, -0.2) is 22.8 Å². The lowest BCUT2D eigenvalue weighted by Crippen LogP contribution is -2.32. The van der Waals surface area contributed by atoms with Crippen molar-refractivity contribution in [3.8, 4) is 0 Å². The molecule has 3 nitrogen and oxygen atoms in total. The van der Waals surface area contributed by atoms with Crippen LogP contribution in [0.3, 0.4) is 0 Å². The number of rotatable bonds is 4. The van der Waals surface area contributed by atoms with Crippen molar-refractivity contribution in [2.24, 2.45) is 0 Å². The van der Waals surface area contributed by atoms with Crippen molar-refractivity contribution in [1.29, 1.82) is 0 Å². The van der Waals surface area contributed by atoms with Gasteiger partial charge in [-0.05, 0) is 25.5 Å². The molecular weight excluding hydrogens is 200 g/mol. The molecule has 0 aliphatic carbocycles. The molecule has 1 aromatic heterocycles. The standard InChI is InChI=1S/C10H13ClN2O/c1-8(2-5-11)13-10(14)9-3-6-12-7-4-9/h3-4,6-8H,2,5H2,1H3,(H,13,14). The number of pyridine rings is 1. The zero-order valence-electron chi connectivity index (χ0n) is 8.03. The maximum absolute atomic E-state index is 11.5. The van der Waals surface area contributed by atoms with Crippen molar-refractivity contribution in [2.45, 2.75) is 19.4 Å². The highest BCUT2D eigenvalue weighted by molar-refractivity contribution is 6.17. The molecule has 0 bridgehead atoms. The van der Waals surface area contributed by atoms with Crippen LogP contribution in [0.15, 0.2) is 24.5 Å². The Kier molecular flexibility index (Phi) is 4.40. The topological polar surface area (TPSA) is 42.0 Å². The van der Waals surface area contributed by atoms with Crippen LogP contribution in [0.5, 0.6) is 0 Å². The third-order valence-corrected chi connectivity index (χ3v) is 2.08. The molecule has 1 atom stereocenters. The fraction of sp³-hybridized carbons (Fsp3) is 0.400. The van der Waals surface area contributed by atoms with Crippen LogP contribution in [-0.2, 0) is 0 Å². The smallest absolute Gasteiger partial charge is 0.251 e. The van der Waals surface area contributed by atoms with Crippen molar-refractivity contribution in [2.75, 3.05) is 5.88 Å². The van der Waals surface area contributed by atoms with Gasteiger partial charge < -0.3 is 5.32 Å². The van der Waals surface area contributed by atoms with E-state index in [1.54, 1.807) is 24.5 Å². The van der Waals surface area contributed by atoms with E-state index < -0.39 is 0 Å². The lowest BCUT2D eigenvalue weighted by Gasteiger charge is -2.11. The Morgan fingerprint density at radius 2 is 2.21 bits per heavy atom. The van der Waals surface area contributed by atoms with Gasteiger partial charge in [0, 0.05) is 29.9 Å². The van der Waals surface area contributed by atoms with Gasteiger partial charge in [-0.25, -0.2) is 0 Å². The van der Waals surface area contributed by atoms with Gasteiger partial charge in [-0.3, -0.25) is 9.78 Å². The lowest BCUT2D eigenvalue weighted by molar-refractivity contribution is 0.0939. The summed E-state index contributed by atoms with van der Waals surface area (Å²) in [7, 11) is 0. The van der Waals surface area contributed by atoms with Gasteiger partial charge in [0.15, 0.2) is 0 Å². The van der Waals surface area contributed by atoms with Crippen molar-refractivity contribution < 1.29 is 4.79 Å². The predicted molar refractivity (Wildman–Crippen MR) is 56.5 cm³/mol. The van der Waals surface area contributed by atoms with E-state index in [1.165, 1.54) is 0 Å². The van der Waals surface area contributed by atoms with Gasteiger partial charge in [0.1, 0.15) is 0 Å². The number of carbonyl (C=O) groups is 1. The average Bonchev–Trinajstić information content (AvgIpc) is 2.19. The summed E-state index contributed by atoms with van der Waals surface area (Å²) in [6.45, 7) is 1.93. The van der Waals surface area contributed by atoms with E-state index in [-0.39, 0.29) is 11.9 Å². The van der Waals surface area contributed by atoms with Gasteiger partial charge in [0.25, 0.3) is 5.91 Å². The first-order valence-electron chi connectivity index (χ1n) is 4.51. The molecule has 0 saturated heterocycles. The Balaban J connectivity index is 2.51. The van der Waals surface area contributed by atoms with Crippen molar-refractivity contribution in [3.05, 3.63) is 30.1 Å². The number of nitrogens with one attached hydrogen (secondary N) is 1. The maximum atomic E-state index is 11.5. The minimum absolute atomic E-state index is 0.0787. The number of hydrogen-bond donors (Lipinski definition) is 1. The summed E-state index contributed by atoms with van der Waals surface area (Å²) < 4.78 is 0. The first-order valence-corrected chi connectivity index (χ1v) is 5.04. The molecule has 1 rings (SSSR count). The molecule has 1 unspecified atom stereocenters. The quantitative estimate of drug-likeness (QED) is 0.774. The van der Waals surface area contributed by atoms with Gasteiger partial charge in [0.2, 0.25) is 0 Å². The Hall–Kier alpha value is -1.09. The number of aromatic nitrogens is 1. The second-order valence-corrected chi connectivity index (χ2v) is 3.47. The highest BCUT2D eigenvalue weighted by Gasteiger charge is 2.08. The predicted octanol–water partition coefficient (Wildman–Crippen LogP) is 1.83. The van der Waals surface area contributed by atoms with Crippen LogP contribution < -0.4 is 5.32 Å². The van der Waals surface area contributed by atoms with Crippen LogP contribution in [0.1, 0.15) is 23.7 Å². The number of hydrogen-bond acceptors (Lipinski definition) is 2. The van der Waals surface area contributed by atoms with E-state index in [1.807, 2.05) is 6.92 Å². The summed E-state index contributed by atoms with van der Waals surface area (Å²) in [4.78, 5) is 15.4. The van der Waals surface area contributed by atoms with Crippen LogP contribution in [0.4, 0.5) is 0 Å². The third kappa shape index (κ3) is 3.34. The lowest BCUT2D eigenvalue weighted by atomic mass is 10.2. The number of amides is 1. The molecule has 0 radical (unpaired) electrons. The van der Waals surface area contributed by atoms with Crippen LogP contribution in [0.2, 0.25) is 0 Å². The number of halogens is 1. The second-order valence-electron chi connectivity index (χ2n) is 3.09. The van der Waals surface area contributed by atoms with E-state index in [9.17, 15) is 4.79 Å². The molecule has 1 heterocycles. The molecule has 0 saturated carbocycles. The van der Waals surface area contributed by atoms with Gasteiger partial charge in [0.05, 0.1) is 0 Å². The summed E-state index contributed by atoms with van der Waals surface area (Å²) in [5.41, 5.74) is 0.626. The third-order valence-electron chi connectivity index (χ3n) is 1.86. The van der Waals surface area contributed by atoms with Crippen molar-refractivity contribution >= 4 is 17.5 Å². The Bertz CT molecular complexity index is 289. The molecular formula is C10H13ClN2O. The molecule has 0 aliphatic rings. The minimum atomic E-state index is -0.0787.